The van der Waals surface area contributed by atoms with Gasteiger partial charge in [-0.05, 0) is 18.4 Å². The van der Waals surface area contributed by atoms with Gasteiger partial charge in [0.25, 0.3) is 0 Å². The fourth-order valence-electron chi connectivity index (χ4n) is 2.79. The van der Waals surface area contributed by atoms with Crippen molar-refractivity contribution in [2.45, 2.75) is 13.3 Å². The van der Waals surface area contributed by atoms with Crippen LogP contribution in [0.25, 0.3) is 0 Å². The molecule has 3 rings (SSSR count). The van der Waals surface area contributed by atoms with Gasteiger partial charge in [-0.25, -0.2) is 4.98 Å². The minimum Gasteiger partial charge on any atom is -0.353 e. The topological polar surface area (TPSA) is 52.6 Å². The predicted molar refractivity (Wildman–Crippen MR) is 82.4 cm³/mol. The Labute approximate surface area is 125 Å². The molecule has 1 aromatic heterocycles. The molecule has 0 N–H and O–H groups in total. The third-order valence-electron chi connectivity index (χ3n) is 4.37. The number of anilines is 2. The van der Waals surface area contributed by atoms with E-state index >= 15 is 0 Å². The van der Waals surface area contributed by atoms with Crippen LogP contribution < -0.4 is 9.80 Å². The van der Waals surface area contributed by atoms with Gasteiger partial charge in [-0.1, -0.05) is 6.92 Å². The maximum Gasteiger partial charge on any atom is 0.226 e. The van der Waals surface area contributed by atoms with Crippen molar-refractivity contribution in [3.05, 3.63) is 12.3 Å². The Morgan fingerprint density at radius 3 is 2.52 bits per heavy atom. The summed E-state index contributed by atoms with van der Waals surface area (Å²) in [4.78, 5) is 27.2. The molecule has 1 aliphatic carbocycles. The highest BCUT2D eigenvalue weighted by Crippen LogP contribution is 2.39. The molecule has 6 nitrogen and oxygen atoms in total. The molecule has 2 atom stereocenters. The maximum absolute atomic E-state index is 12.2. The number of piperazine rings is 1. The summed E-state index contributed by atoms with van der Waals surface area (Å²) in [6, 6.07) is 1.94. The lowest BCUT2D eigenvalue weighted by Crippen LogP contribution is -2.49. The summed E-state index contributed by atoms with van der Waals surface area (Å²) in [7, 11) is 3.87. The zero-order chi connectivity index (χ0) is 15.0. The Morgan fingerprint density at radius 2 is 1.95 bits per heavy atom. The van der Waals surface area contributed by atoms with Gasteiger partial charge >= 0.3 is 0 Å². The van der Waals surface area contributed by atoms with Gasteiger partial charge in [0.05, 0.1) is 0 Å². The number of aromatic nitrogens is 2. The Balaban J connectivity index is 1.60. The molecule has 1 aliphatic heterocycles. The molecule has 0 aromatic carbocycles. The molecular formula is C15H23N5O. The monoisotopic (exact) mass is 289 g/mol. The highest BCUT2D eigenvalue weighted by atomic mass is 16.2. The Kier molecular flexibility index (Phi) is 3.69. The summed E-state index contributed by atoms with van der Waals surface area (Å²) in [6.45, 7) is 5.43. The van der Waals surface area contributed by atoms with Crippen molar-refractivity contribution >= 4 is 17.7 Å². The van der Waals surface area contributed by atoms with Gasteiger partial charge in [0.15, 0.2) is 0 Å². The van der Waals surface area contributed by atoms with Crippen molar-refractivity contribution in [2.24, 2.45) is 11.8 Å². The first-order valence-electron chi connectivity index (χ1n) is 7.60. The third kappa shape index (κ3) is 2.94. The average Bonchev–Trinajstić information content (AvgIpc) is 3.24. The highest BCUT2D eigenvalue weighted by molar-refractivity contribution is 5.81. The van der Waals surface area contributed by atoms with E-state index in [1.807, 2.05) is 30.0 Å². The number of hydrogen-bond donors (Lipinski definition) is 0. The zero-order valence-corrected chi connectivity index (χ0v) is 13.0. The molecule has 1 saturated carbocycles. The van der Waals surface area contributed by atoms with Crippen molar-refractivity contribution in [2.75, 3.05) is 50.1 Å². The van der Waals surface area contributed by atoms with Gasteiger partial charge in [-0.15, -0.1) is 0 Å². The second-order valence-corrected chi connectivity index (χ2v) is 6.24. The van der Waals surface area contributed by atoms with Crippen LogP contribution in [0.2, 0.25) is 0 Å². The first kappa shape index (κ1) is 14.1. The average molecular weight is 289 g/mol. The number of amides is 1. The number of rotatable bonds is 3. The fraction of sp³-hybridized carbons (Fsp3) is 0.667. The van der Waals surface area contributed by atoms with Gasteiger partial charge in [-0.3, -0.25) is 4.79 Å². The number of carbonyl (C=O) groups is 1. The van der Waals surface area contributed by atoms with Crippen LogP contribution in [0.4, 0.5) is 11.8 Å². The molecule has 1 aromatic rings. The highest BCUT2D eigenvalue weighted by Gasteiger charge is 2.42. The number of carbonyl (C=O) groups excluding carboxylic acids is 1. The second-order valence-electron chi connectivity index (χ2n) is 6.24. The van der Waals surface area contributed by atoms with Crippen LogP contribution in [-0.4, -0.2) is 61.0 Å². The first-order chi connectivity index (χ1) is 10.1. The van der Waals surface area contributed by atoms with Gasteiger partial charge < -0.3 is 14.7 Å². The molecule has 0 unspecified atom stereocenters. The van der Waals surface area contributed by atoms with Crippen LogP contribution >= 0.6 is 0 Å². The van der Waals surface area contributed by atoms with E-state index < -0.39 is 0 Å². The molecule has 1 saturated heterocycles. The van der Waals surface area contributed by atoms with E-state index in [2.05, 4.69) is 21.8 Å². The van der Waals surface area contributed by atoms with Crippen molar-refractivity contribution in [3.8, 4) is 0 Å². The van der Waals surface area contributed by atoms with Crippen LogP contribution in [0.1, 0.15) is 13.3 Å². The standard InChI is InChI=1S/C15H23N5O/c1-11-10-12(11)14(21)20-8-6-19(7-9-20)13-4-5-16-15(17-13)18(2)3/h4-5,11-12H,6-10H2,1-3H3/t11-,12-/m1/s1. The van der Waals surface area contributed by atoms with Crippen LogP contribution in [0.5, 0.6) is 0 Å². The fourth-order valence-corrected chi connectivity index (χ4v) is 2.79. The summed E-state index contributed by atoms with van der Waals surface area (Å²) >= 11 is 0. The zero-order valence-electron chi connectivity index (χ0n) is 13.0. The van der Waals surface area contributed by atoms with E-state index in [-0.39, 0.29) is 5.92 Å². The molecule has 114 valence electrons. The third-order valence-corrected chi connectivity index (χ3v) is 4.37. The minimum atomic E-state index is 0.288. The molecule has 21 heavy (non-hydrogen) atoms. The Hall–Kier alpha value is -1.85. The van der Waals surface area contributed by atoms with E-state index in [0.29, 0.717) is 11.8 Å². The molecular weight excluding hydrogens is 266 g/mol. The van der Waals surface area contributed by atoms with Crippen molar-refractivity contribution in [3.63, 3.8) is 0 Å². The molecule has 0 bridgehead atoms. The van der Waals surface area contributed by atoms with E-state index in [0.717, 1.165) is 44.4 Å². The lowest BCUT2D eigenvalue weighted by atomic mass is 10.2. The largest absolute Gasteiger partial charge is 0.353 e. The molecule has 2 heterocycles. The molecule has 0 spiro atoms. The summed E-state index contributed by atoms with van der Waals surface area (Å²) < 4.78 is 0. The van der Waals surface area contributed by atoms with Crippen molar-refractivity contribution < 1.29 is 4.79 Å². The lowest BCUT2D eigenvalue weighted by molar-refractivity contribution is -0.133. The van der Waals surface area contributed by atoms with Crippen LogP contribution in [0.15, 0.2) is 12.3 Å². The number of nitrogens with zero attached hydrogens (tertiary/aromatic N) is 5. The molecule has 1 amide bonds. The summed E-state index contributed by atoms with van der Waals surface area (Å²) in [5.74, 6) is 2.88. The normalized spacial score (nSPS) is 24.9. The molecule has 2 fully saturated rings. The Bertz CT molecular complexity index is 525. The van der Waals surface area contributed by atoms with Crippen LogP contribution in [-0.2, 0) is 4.79 Å². The smallest absolute Gasteiger partial charge is 0.226 e. The van der Waals surface area contributed by atoms with Gasteiger partial charge in [0.2, 0.25) is 11.9 Å². The van der Waals surface area contributed by atoms with E-state index in [9.17, 15) is 4.79 Å². The SMILES string of the molecule is C[C@@H]1C[C@H]1C(=O)N1CCN(c2ccnc(N(C)C)n2)CC1. The van der Waals surface area contributed by atoms with Gasteiger partial charge in [-0.2, -0.15) is 4.98 Å². The van der Waals surface area contributed by atoms with Crippen LogP contribution in [0.3, 0.4) is 0 Å². The van der Waals surface area contributed by atoms with Gasteiger partial charge in [0, 0.05) is 52.4 Å². The summed E-state index contributed by atoms with van der Waals surface area (Å²) in [5.41, 5.74) is 0. The van der Waals surface area contributed by atoms with E-state index in [1.54, 1.807) is 6.20 Å². The van der Waals surface area contributed by atoms with Crippen LogP contribution in [0, 0.1) is 11.8 Å². The molecule has 2 aliphatic rings. The van der Waals surface area contributed by atoms with E-state index in [4.69, 9.17) is 0 Å². The second kappa shape index (κ2) is 5.50. The Morgan fingerprint density at radius 1 is 1.29 bits per heavy atom. The van der Waals surface area contributed by atoms with Gasteiger partial charge in [0.1, 0.15) is 5.82 Å². The van der Waals surface area contributed by atoms with Crippen molar-refractivity contribution in [1.82, 2.24) is 14.9 Å². The molecule has 6 heteroatoms. The maximum atomic E-state index is 12.2. The summed E-state index contributed by atoms with van der Waals surface area (Å²) in [5, 5.41) is 0. The minimum absolute atomic E-state index is 0.288. The quantitative estimate of drug-likeness (QED) is 0.825. The predicted octanol–water partition coefficient (Wildman–Crippen LogP) is 0.847. The van der Waals surface area contributed by atoms with Crippen molar-refractivity contribution in [1.29, 1.82) is 0 Å². The molecule has 0 radical (unpaired) electrons. The summed E-state index contributed by atoms with van der Waals surface area (Å²) in [6.07, 6.45) is 2.86. The first-order valence-corrected chi connectivity index (χ1v) is 7.60. The lowest BCUT2D eigenvalue weighted by Gasteiger charge is -2.35. The number of hydrogen-bond acceptors (Lipinski definition) is 5. The van der Waals surface area contributed by atoms with E-state index in [1.165, 1.54) is 0 Å².